The molecule has 3 aromatic carbocycles. The Labute approximate surface area is 257 Å². The number of nitrogens with one attached hydrogen (secondary N) is 1. The van der Waals surface area contributed by atoms with Crippen molar-refractivity contribution in [2.24, 2.45) is 0 Å². The van der Waals surface area contributed by atoms with Crippen LogP contribution in [0.4, 0.5) is 5.69 Å². The van der Waals surface area contributed by atoms with E-state index in [0.29, 0.717) is 27.9 Å². The van der Waals surface area contributed by atoms with Crippen molar-refractivity contribution < 1.29 is 27.5 Å². The molecule has 3 aromatic rings. The maximum atomic E-state index is 14.0. The Bertz CT molecular complexity index is 1470. The van der Waals surface area contributed by atoms with Crippen molar-refractivity contribution >= 4 is 50.7 Å². The first-order valence-corrected chi connectivity index (χ1v) is 15.5. The quantitative estimate of drug-likeness (QED) is 0.233. The van der Waals surface area contributed by atoms with Gasteiger partial charge in [0.05, 0.1) is 24.8 Å². The molecule has 2 amide bonds. The van der Waals surface area contributed by atoms with Gasteiger partial charge in [-0.05, 0) is 49.7 Å². The van der Waals surface area contributed by atoms with Crippen LogP contribution in [0.25, 0.3) is 0 Å². The van der Waals surface area contributed by atoms with Crippen LogP contribution in [0.5, 0.6) is 11.5 Å². The molecule has 0 spiro atoms. The molecule has 0 fully saturated rings. The van der Waals surface area contributed by atoms with Crippen LogP contribution in [0.15, 0.2) is 71.6 Å². The lowest BCUT2D eigenvalue weighted by Crippen LogP contribution is -2.51. The largest absolute Gasteiger partial charge is 0.493 e. The Balaban J connectivity index is 2.05. The van der Waals surface area contributed by atoms with Gasteiger partial charge in [-0.3, -0.25) is 13.9 Å². The first kappa shape index (κ1) is 33.0. The molecule has 0 aliphatic rings. The van der Waals surface area contributed by atoms with E-state index < -0.39 is 28.5 Å². The maximum Gasteiger partial charge on any atom is 0.264 e. The average molecular weight is 637 g/mol. The Hall–Kier alpha value is -3.47. The van der Waals surface area contributed by atoms with Crippen LogP contribution in [-0.2, 0) is 26.2 Å². The fraction of sp³-hybridized carbons (Fsp3) is 0.333. The predicted octanol–water partition coefficient (Wildman–Crippen LogP) is 5.54. The Morgan fingerprint density at radius 2 is 1.57 bits per heavy atom. The van der Waals surface area contributed by atoms with Crippen molar-refractivity contribution in [3.63, 3.8) is 0 Å². The number of carbonyl (C=O) groups is 2. The Morgan fingerprint density at radius 3 is 2.17 bits per heavy atom. The van der Waals surface area contributed by atoms with Gasteiger partial charge in [0, 0.05) is 34.8 Å². The number of hydrogen-bond donors (Lipinski definition) is 1. The van der Waals surface area contributed by atoms with E-state index in [9.17, 15) is 18.0 Å². The summed E-state index contributed by atoms with van der Waals surface area (Å²) in [5.74, 6) is -0.444. The number of halogens is 2. The van der Waals surface area contributed by atoms with Gasteiger partial charge in [-0.1, -0.05) is 60.8 Å². The fourth-order valence-corrected chi connectivity index (χ4v) is 6.15. The second-order valence-corrected chi connectivity index (χ2v) is 12.1. The molecule has 9 nitrogen and oxygen atoms in total. The number of unbranched alkanes of at least 4 members (excludes halogenated alkanes) is 1. The van der Waals surface area contributed by atoms with Crippen LogP contribution in [0.1, 0.15) is 32.3 Å². The Morgan fingerprint density at radius 1 is 0.929 bits per heavy atom. The summed E-state index contributed by atoms with van der Waals surface area (Å²) in [6, 6.07) is 16.4. The van der Waals surface area contributed by atoms with Crippen molar-refractivity contribution in [3.8, 4) is 11.5 Å². The predicted molar refractivity (Wildman–Crippen MR) is 165 cm³/mol. The van der Waals surface area contributed by atoms with Gasteiger partial charge in [0.25, 0.3) is 10.0 Å². The lowest BCUT2D eigenvalue weighted by atomic mass is 10.1. The summed E-state index contributed by atoms with van der Waals surface area (Å²) in [5, 5.41) is 3.47. The summed E-state index contributed by atoms with van der Waals surface area (Å²) < 4.78 is 39.6. The smallest absolute Gasteiger partial charge is 0.264 e. The highest BCUT2D eigenvalue weighted by Gasteiger charge is 2.33. The number of methoxy groups -OCH3 is 2. The minimum absolute atomic E-state index is 0.108. The molecule has 0 aliphatic carbocycles. The van der Waals surface area contributed by atoms with Crippen LogP contribution in [-0.4, -0.2) is 58.5 Å². The van der Waals surface area contributed by atoms with Gasteiger partial charge in [-0.25, -0.2) is 8.42 Å². The number of nitrogens with zero attached hydrogens (tertiary/aromatic N) is 2. The molecular weight excluding hydrogens is 601 g/mol. The highest BCUT2D eigenvalue weighted by atomic mass is 35.5. The number of ether oxygens (including phenoxy) is 2. The van der Waals surface area contributed by atoms with E-state index in [1.54, 1.807) is 55.5 Å². The molecule has 1 atom stereocenters. The van der Waals surface area contributed by atoms with Gasteiger partial charge in [-0.2, -0.15) is 0 Å². The summed E-state index contributed by atoms with van der Waals surface area (Å²) in [6.45, 7) is 3.31. The number of sulfonamides is 1. The number of benzene rings is 3. The molecule has 0 unspecified atom stereocenters. The molecule has 0 radical (unpaired) electrons. The number of anilines is 1. The molecular formula is C30H35Cl2N3O6S. The van der Waals surface area contributed by atoms with Crippen molar-refractivity contribution in [3.05, 3.63) is 82.3 Å². The SMILES string of the molecule is CCCCNC(=O)[C@@H](C)N(Cc1c(Cl)cccc1Cl)C(=O)CN(c1ccccc1)S(=O)(=O)c1ccc(OC)c(OC)c1. The summed E-state index contributed by atoms with van der Waals surface area (Å²) in [4.78, 5) is 28.3. The van der Waals surface area contributed by atoms with Crippen LogP contribution >= 0.6 is 23.2 Å². The zero-order valence-corrected chi connectivity index (χ0v) is 26.3. The number of para-hydroxylation sites is 1. The molecule has 0 saturated carbocycles. The fourth-order valence-electron chi connectivity index (χ4n) is 4.20. The van der Waals surface area contributed by atoms with E-state index in [1.807, 2.05) is 6.92 Å². The van der Waals surface area contributed by atoms with E-state index in [4.69, 9.17) is 32.7 Å². The normalized spacial score (nSPS) is 11.9. The zero-order chi connectivity index (χ0) is 30.9. The van der Waals surface area contributed by atoms with E-state index >= 15 is 0 Å². The Kier molecular flexibility index (Phi) is 11.9. The second kappa shape index (κ2) is 15.1. The molecule has 0 saturated heterocycles. The summed E-state index contributed by atoms with van der Waals surface area (Å²) in [7, 11) is -1.45. The first-order chi connectivity index (χ1) is 20.0. The number of hydrogen-bond acceptors (Lipinski definition) is 6. The van der Waals surface area contributed by atoms with Gasteiger partial charge < -0.3 is 19.7 Å². The number of rotatable bonds is 14. The van der Waals surface area contributed by atoms with Crippen molar-refractivity contribution in [2.45, 2.75) is 44.2 Å². The van der Waals surface area contributed by atoms with Gasteiger partial charge in [-0.15, -0.1) is 0 Å². The number of amides is 2. The molecule has 0 bridgehead atoms. The summed E-state index contributed by atoms with van der Waals surface area (Å²) in [5.41, 5.74) is 0.702. The molecule has 42 heavy (non-hydrogen) atoms. The maximum absolute atomic E-state index is 14.0. The molecule has 0 aliphatic heterocycles. The third-order valence-electron chi connectivity index (χ3n) is 6.65. The first-order valence-electron chi connectivity index (χ1n) is 13.3. The highest BCUT2D eigenvalue weighted by Crippen LogP contribution is 2.33. The molecule has 12 heteroatoms. The third-order valence-corrected chi connectivity index (χ3v) is 9.13. The van der Waals surface area contributed by atoms with Gasteiger partial charge in [0.2, 0.25) is 11.8 Å². The van der Waals surface area contributed by atoms with Gasteiger partial charge >= 0.3 is 0 Å². The lowest BCUT2D eigenvalue weighted by Gasteiger charge is -2.32. The molecule has 0 aromatic heterocycles. The second-order valence-electron chi connectivity index (χ2n) is 9.41. The average Bonchev–Trinajstić information content (AvgIpc) is 2.99. The topological polar surface area (TPSA) is 105 Å². The molecule has 3 rings (SSSR count). The van der Waals surface area contributed by atoms with Crippen molar-refractivity contribution in [1.29, 1.82) is 0 Å². The van der Waals surface area contributed by atoms with Crippen LogP contribution in [0.3, 0.4) is 0 Å². The van der Waals surface area contributed by atoms with Gasteiger partial charge in [0.1, 0.15) is 12.6 Å². The minimum Gasteiger partial charge on any atom is -0.493 e. The van der Waals surface area contributed by atoms with Gasteiger partial charge in [0.15, 0.2) is 11.5 Å². The highest BCUT2D eigenvalue weighted by molar-refractivity contribution is 7.92. The van der Waals surface area contributed by atoms with Crippen molar-refractivity contribution in [2.75, 3.05) is 31.6 Å². The van der Waals surface area contributed by atoms with E-state index in [1.165, 1.54) is 37.3 Å². The molecule has 0 heterocycles. The minimum atomic E-state index is -4.30. The monoisotopic (exact) mass is 635 g/mol. The van der Waals surface area contributed by atoms with E-state index in [2.05, 4.69) is 5.32 Å². The molecule has 226 valence electrons. The lowest BCUT2D eigenvalue weighted by molar-refractivity contribution is -0.139. The zero-order valence-electron chi connectivity index (χ0n) is 24.0. The standard InChI is InChI=1S/C30H35Cl2N3O6S/c1-5-6-17-33-30(37)21(2)34(19-24-25(31)13-10-14-26(24)32)29(36)20-35(22-11-8-7-9-12-22)42(38,39)23-15-16-27(40-3)28(18-23)41-4/h7-16,18,21H,5-6,17,19-20H2,1-4H3,(H,33,37)/t21-/m1/s1. The van der Waals surface area contributed by atoms with Crippen LogP contribution in [0, 0.1) is 0 Å². The number of carbonyl (C=O) groups excluding carboxylic acids is 2. The molecule has 1 N–H and O–H groups in total. The van der Waals surface area contributed by atoms with E-state index in [0.717, 1.165) is 17.1 Å². The third kappa shape index (κ3) is 7.87. The summed E-state index contributed by atoms with van der Waals surface area (Å²) >= 11 is 12.8. The van der Waals surface area contributed by atoms with Crippen LogP contribution in [0.2, 0.25) is 10.0 Å². The van der Waals surface area contributed by atoms with Crippen LogP contribution < -0.4 is 19.1 Å². The van der Waals surface area contributed by atoms with Crippen molar-refractivity contribution in [1.82, 2.24) is 10.2 Å². The summed E-state index contributed by atoms with van der Waals surface area (Å²) in [6.07, 6.45) is 1.65. The van der Waals surface area contributed by atoms with E-state index in [-0.39, 0.29) is 28.8 Å².